The van der Waals surface area contributed by atoms with E-state index in [2.05, 4.69) is 0 Å². The number of nitrogens with two attached hydrogens (primary N) is 1. The van der Waals surface area contributed by atoms with Crippen molar-refractivity contribution in [2.24, 2.45) is 5.73 Å². The third-order valence-corrected chi connectivity index (χ3v) is 3.85. The van der Waals surface area contributed by atoms with Crippen LogP contribution in [-0.2, 0) is 4.79 Å². The Morgan fingerprint density at radius 1 is 1.29 bits per heavy atom. The molecule has 1 heterocycles. The molecule has 0 bridgehead atoms. The lowest BCUT2D eigenvalue weighted by molar-refractivity contribution is -0.136. The molecule has 1 aromatic carbocycles. The minimum absolute atomic E-state index is 0. The van der Waals surface area contributed by atoms with Crippen molar-refractivity contribution in [3.8, 4) is 5.75 Å². The number of carbonyl (C=O) groups excluding carboxylic acids is 1. The first kappa shape index (κ1) is 18.4. The number of nitrogens with zero attached hydrogens (tertiary/aromatic N) is 1. The van der Waals surface area contributed by atoms with Gasteiger partial charge < -0.3 is 15.4 Å². The van der Waals surface area contributed by atoms with Crippen LogP contribution in [0.1, 0.15) is 19.3 Å². The van der Waals surface area contributed by atoms with Crippen LogP contribution in [0, 0.1) is 0 Å². The zero-order chi connectivity index (χ0) is 14.5. The number of likely N-dealkylation sites (tertiary alicyclic amines) is 1. The predicted molar refractivity (Wildman–Crippen MR) is 87.6 cm³/mol. The lowest BCUT2D eigenvalue weighted by Gasteiger charge is -2.34. The number of piperidine rings is 1. The molecule has 1 saturated heterocycles. The first-order valence-corrected chi connectivity index (χ1v) is 7.44. The van der Waals surface area contributed by atoms with Crippen LogP contribution in [0.15, 0.2) is 18.2 Å². The Labute approximate surface area is 140 Å². The maximum absolute atomic E-state index is 12.2. The van der Waals surface area contributed by atoms with Crippen LogP contribution < -0.4 is 10.5 Å². The predicted octanol–water partition coefficient (Wildman–Crippen LogP) is 3.13. The molecule has 118 valence electrons. The second kappa shape index (κ2) is 8.69. The van der Waals surface area contributed by atoms with E-state index in [1.165, 1.54) is 0 Å². The summed E-state index contributed by atoms with van der Waals surface area (Å²) in [6.07, 6.45) is 3.10. The molecular formula is C14H19Cl3N2O2. The van der Waals surface area contributed by atoms with Crippen molar-refractivity contribution in [3.63, 3.8) is 0 Å². The van der Waals surface area contributed by atoms with E-state index in [1.54, 1.807) is 18.2 Å². The standard InChI is InChI=1S/C14H18Cl2N2O2.ClH/c15-10-5-11(16)7-13(6-10)20-9-14(19)18-4-2-1-3-12(18)8-17;/h5-7,12H,1-4,8-9,17H2;1H. The summed E-state index contributed by atoms with van der Waals surface area (Å²) in [4.78, 5) is 14.0. The van der Waals surface area contributed by atoms with Gasteiger partial charge in [0.25, 0.3) is 5.91 Å². The fourth-order valence-electron chi connectivity index (χ4n) is 2.41. The summed E-state index contributed by atoms with van der Waals surface area (Å²) in [5.74, 6) is 0.452. The van der Waals surface area contributed by atoms with Crippen LogP contribution in [0.2, 0.25) is 10.0 Å². The highest BCUT2D eigenvalue weighted by Crippen LogP contribution is 2.24. The third kappa shape index (κ3) is 5.22. The van der Waals surface area contributed by atoms with Crippen molar-refractivity contribution in [3.05, 3.63) is 28.2 Å². The minimum atomic E-state index is -0.0451. The van der Waals surface area contributed by atoms with E-state index in [-0.39, 0.29) is 31.0 Å². The number of amides is 1. The number of ether oxygens (including phenoxy) is 1. The van der Waals surface area contributed by atoms with Crippen molar-refractivity contribution in [2.75, 3.05) is 19.7 Å². The van der Waals surface area contributed by atoms with Gasteiger partial charge >= 0.3 is 0 Å². The highest BCUT2D eigenvalue weighted by Gasteiger charge is 2.25. The molecule has 2 rings (SSSR count). The topological polar surface area (TPSA) is 55.6 Å². The van der Waals surface area contributed by atoms with Crippen LogP contribution in [0.5, 0.6) is 5.75 Å². The van der Waals surface area contributed by atoms with Gasteiger partial charge in [0.2, 0.25) is 0 Å². The van der Waals surface area contributed by atoms with Gasteiger partial charge in [0.15, 0.2) is 6.61 Å². The number of benzene rings is 1. The fourth-order valence-corrected chi connectivity index (χ4v) is 2.92. The largest absolute Gasteiger partial charge is 0.484 e. The molecule has 4 nitrogen and oxygen atoms in total. The van der Waals surface area contributed by atoms with Crippen molar-refractivity contribution in [1.29, 1.82) is 0 Å². The number of hydrogen-bond acceptors (Lipinski definition) is 3. The molecular weight excluding hydrogens is 335 g/mol. The summed E-state index contributed by atoms with van der Waals surface area (Å²) in [7, 11) is 0. The molecule has 0 aromatic heterocycles. The molecule has 1 aliphatic rings. The SMILES string of the molecule is Cl.NCC1CCCCN1C(=O)COc1cc(Cl)cc(Cl)c1. The summed E-state index contributed by atoms with van der Waals surface area (Å²) >= 11 is 11.8. The molecule has 1 aromatic rings. The van der Waals surface area contributed by atoms with Gasteiger partial charge in [0.1, 0.15) is 5.75 Å². The summed E-state index contributed by atoms with van der Waals surface area (Å²) in [5.41, 5.74) is 5.71. The van der Waals surface area contributed by atoms with Crippen LogP contribution in [0.4, 0.5) is 0 Å². The monoisotopic (exact) mass is 352 g/mol. The van der Waals surface area contributed by atoms with E-state index in [9.17, 15) is 4.79 Å². The van der Waals surface area contributed by atoms with Gasteiger partial charge in [-0.25, -0.2) is 0 Å². The van der Waals surface area contributed by atoms with E-state index in [0.717, 1.165) is 25.8 Å². The molecule has 0 radical (unpaired) electrons. The Morgan fingerprint density at radius 2 is 1.95 bits per heavy atom. The Bertz CT molecular complexity index is 465. The Morgan fingerprint density at radius 3 is 2.57 bits per heavy atom. The second-order valence-corrected chi connectivity index (χ2v) is 5.74. The summed E-state index contributed by atoms with van der Waals surface area (Å²) < 4.78 is 5.47. The highest BCUT2D eigenvalue weighted by atomic mass is 35.5. The number of halogens is 3. The van der Waals surface area contributed by atoms with E-state index < -0.39 is 0 Å². The molecule has 0 saturated carbocycles. The maximum atomic E-state index is 12.2. The Hall–Kier alpha value is -0.680. The zero-order valence-corrected chi connectivity index (χ0v) is 13.9. The van der Waals surface area contributed by atoms with Crippen molar-refractivity contribution in [2.45, 2.75) is 25.3 Å². The zero-order valence-electron chi connectivity index (χ0n) is 11.6. The van der Waals surface area contributed by atoms with Gasteiger partial charge in [-0.05, 0) is 37.5 Å². The van der Waals surface area contributed by atoms with Gasteiger partial charge in [-0.1, -0.05) is 23.2 Å². The molecule has 1 aliphatic heterocycles. The van der Waals surface area contributed by atoms with E-state index >= 15 is 0 Å². The minimum Gasteiger partial charge on any atom is -0.484 e. The molecule has 1 amide bonds. The van der Waals surface area contributed by atoms with Crippen LogP contribution >= 0.6 is 35.6 Å². The molecule has 2 N–H and O–H groups in total. The average Bonchev–Trinajstić information content (AvgIpc) is 2.43. The van der Waals surface area contributed by atoms with Gasteiger partial charge in [0, 0.05) is 29.2 Å². The first-order chi connectivity index (χ1) is 9.60. The van der Waals surface area contributed by atoms with Crippen LogP contribution in [0.3, 0.4) is 0 Å². The highest BCUT2D eigenvalue weighted by molar-refractivity contribution is 6.34. The van der Waals surface area contributed by atoms with Gasteiger partial charge in [-0.2, -0.15) is 0 Å². The summed E-state index contributed by atoms with van der Waals surface area (Å²) in [6.45, 7) is 1.22. The normalized spacial score (nSPS) is 18.0. The number of hydrogen-bond donors (Lipinski definition) is 1. The molecule has 1 atom stereocenters. The summed E-state index contributed by atoms with van der Waals surface area (Å²) in [6, 6.07) is 5.02. The van der Waals surface area contributed by atoms with Crippen LogP contribution in [-0.4, -0.2) is 36.5 Å². The Kier molecular flexibility index (Phi) is 7.60. The van der Waals surface area contributed by atoms with Gasteiger partial charge in [-0.3, -0.25) is 4.79 Å². The first-order valence-electron chi connectivity index (χ1n) is 6.68. The lowest BCUT2D eigenvalue weighted by Crippen LogP contribution is -2.49. The molecule has 1 unspecified atom stereocenters. The number of carbonyl (C=O) groups is 1. The second-order valence-electron chi connectivity index (χ2n) is 4.87. The van der Waals surface area contributed by atoms with E-state index in [0.29, 0.717) is 22.3 Å². The lowest BCUT2D eigenvalue weighted by atomic mass is 10.0. The quantitative estimate of drug-likeness (QED) is 0.904. The molecule has 0 spiro atoms. The average molecular weight is 354 g/mol. The fraction of sp³-hybridized carbons (Fsp3) is 0.500. The van der Waals surface area contributed by atoms with Crippen LogP contribution in [0.25, 0.3) is 0 Å². The van der Waals surface area contributed by atoms with Gasteiger partial charge in [0.05, 0.1) is 0 Å². The molecule has 21 heavy (non-hydrogen) atoms. The van der Waals surface area contributed by atoms with E-state index in [4.69, 9.17) is 33.7 Å². The Balaban J connectivity index is 0.00000220. The number of rotatable bonds is 4. The molecule has 7 heteroatoms. The van der Waals surface area contributed by atoms with E-state index in [1.807, 2.05) is 4.90 Å². The van der Waals surface area contributed by atoms with Crippen molar-refractivity contribution >= 4 is 41.5 Å². The van der Waals surface area contributed by atoms with Crippen molar-refractivity contribution < 1.29 is 9.53 Å². The maximum Gasteiger partial charge on any atom is 0.260 e. The third-order valence-electron chi connectivity index (χ3n) is 3.42. The van der Waals surface area contributed by atoms with Crippen molar-refractivity contribution in [1.82, 2.24) is 4.90 Å². The van der Waals surface area contributed by atoms with Gasteiger partial charge in [-0.15, -0.1) is 12.4 Å². The smallest absolute Gasteiger partial charge is 0.260 e. The molecule has 0 aliphatic carbocycles. The summed E-state index contributed by atoms with van der Waals surface area (Å²) in [5, 5.41) is 0.968. The molecule has 1 fully saturated rings.